The zero-order valence-corrected chi connectivity index (χ0v) is 20.5. The van der Waals surface area contributed by atoms with Crippen molar-refractivity contribution in [2.75, 3.05) is 0 Å². The highest BCUT2D eigenvalue weighted by Crippen LogP contribution is 2.05. The van der Waals surface area contributed by atoms with Gasteiger partial charge in [0, 0.05) is 48.2 Å². The number of hydrogen-bond donors (Lipinski definition) is 0. The Kier molecular flexibility index (Phi) is 13.9. The summed E-state index contributed by atoms with van der Waals surface area (Å²) in [5.41, 5.74) is 2.15. The number of hydrogen-bond acceptors (Lipinski definition) is 2. The fourth-order valence-electron chi connectivity index (χ4n) is 3.76. The van der Waals surface area contributed by atoms with Crippen molar-refractivity contribution in [3.05, 3.63) is 60.2 Å². The summed E-state index contributed by atoms with van der Waals surface area (Å²) in [4.78, 5) is 0. The topological polar surface area (TPSA) is 32.5 Å². The first-order chi connectivity index (χ1) is 15.8. The van der Waals surface area contributed by atoms with E-state index in [-0.39, 0.29) is 0 Å². The molecule has 174 valence electrons. The van der Waals surface area contributed by atoms with Gasteiger partial charge in [-0.3, -0.25) is 0 Å². The molecule has 0 saturated carbocycles. The average molecular weight is 437 g/mol. The second kappa shape index (κ2) is 17.2. The van der Waals surface area contributed by atoms with Crippen molar-refractivity contribution >= 4 is 12.4 Å². The van der Waals surface area contributed by atoms with Gasteiger partial charge in [-0.2, -0.15) is 10.2 Å². The van der Waals surface area contributed by atoms with Crippen LogP contribution in [-0.4, -0.2) is 12.4 Å². The lowest BCUT2D eigenvalue weighted by atomic mass is 10.1. The summed E-state index contributed by atoms with van der Waals surface area (Å²) >= 11 is 0. The van der Waals surface area contributed by atoms with Crippen molar-refractivity contribution in [2.45, 2.75) is 104 Å². The molecule has 0 spiro atoms. The molecule has 0 bridgehead atoms. The van der Waals surface area contributed by atoms with Gasteiger partial charge >= 0.3 is 0 Å². The summed E-state index contributed by atoms with van der Waals surface area (Å²) in [7, 11) is 0. The minimum atomic E-state index is 1.08. The van der Waals surface area contributed by atoms with Crippen LogP contribution in [0.25, 0.3) is 0 Å². The minimum absolute atomic E-state index is 1.08. The summed E-state index contributed by atoms with van der Waals surface area (Å²) in [5, 5.41) is 8.41. The first-order valence-electron chi connectivity index (χ1n) is 12.9. The summed E-state index contributed by atoms with van der Waals surface area (Å²) in [5.74, 6) is 0. The van der Waals surface area contributed by atoms with Crippen LogP contribution in [0.15, 0.2) is 59.3 Å². The van der Waals surface area contributed by atoms with E-state index in [1.165, 1.54) is 77.0 Å². The predicted molar refractivity (Wildman–Crippen MR) is 135 cm³/mol. The molecule has 0 amide bonds. The molecule has 0 saturated heterocycles. The summed E-state index contributed by atoms with van der Waals surface area (Å²) in [6, 6.07) is 8.40. The highest BCUT2D eigenvalue weighted by atomic mass is 15.2. The highest BCUT2D eigenvalue weighted by molar-refractivity contribution is 5.82. The van der Waals surface area contributed by atoms with Gasteiger partial charge in [-0.15, -0.1) is 0 Å². The van der Waals surface area contributed by atoms with E-state index < -0.39 is 0 Å². The lowest BCUT2D eigenvalue weighted by Gasteiger charge is -1.99. The Morgan fingerprint density at radius 1 is 0.531 bits per heavy atom. The predicted octanol–water partition coefficient (Wildman–Crippen LogP) is 6.44. The molecule has 4 nitrogen and oxygen atoms in total. The van der Waals surface area contributed by atoms with Crippen molar-refractivity contribution < 1.29 is 9.13 Å². The Balaban J connectivity index is 1.66. The van der Waals surface area contributed by atoms with Gasteiger partial charge in [0.15, 0.2) is 24.8 Å². The second-order valence-electron chi connectivity index (χ2n) is 8.76. The molecule has 0 aliphatic carbocycles. The van der Waals surface area contributed by atoms with E-state index in [9.17, 15) is 0 Å². The van der Waals surface area contributed by atoms with Gasteiger partial charge in [0.1, 0.15) is 13.1 Å². The van der Waals surface area contributed by atoms with Gasteiger partial charge in [-0.1, -0.05) is 65.2 Å². The monoisotopic (exact) mass is 436 g/mol. The molecule has 32 heavy (non-hydrogen) atoms. The third-order valence-electron chi connectivity index (χ3n) is 5.85. The van der Waals surface area contributed by atoms with Crippen molar-refractivity contribution in [1.29, 1.82) is 0 Å². The summed E-state index contributed by atoms with van der Waals surface area (Å²) < 4.78 is 4.51. The fourth-order valence-corrected chi connectivity index (χ4v) is 3.76. The number of nitrogens with zero attached hydrogens (tertiary/aromatic N) is 4. The first kappa shape index (κ1) is 25.9. The van der Waals surface area contributed by atoms with Gasteiger partial charge in [-0.05, 0) is 12.8 Å². The van der Waals surface area contributed by atoms with Gasteiger partial charge < -0.3 is 0 Å². The van der Waals surface area contributed by atoms with Gasteiger partial charge in [0.25, 0.3) is 0 Å². The van der Waals surface area contributed by atoms with Crippen LogP contribution in [0, 0.1) is 0 Å². The lowest BCUT2D eigenvalue weighted by Crippen LogP contribution is -2.32. The fraction of sp³-hybridized carbons (Fsp3) is 0.571. The van der Waals surface area contributed by atoms with Gasteiger partial charge in [0.2, 0.25) is 0 Å². The first-order valence-corrected chi connectivity index (χ1v) is 12.9. The van der Waals surface area contributed by atoms with Crippen LogP contribution in [0.2, 0.25) is 0 Å². The molecule has 0 N–H and O–H groups in total. The van der Waals surface area contributed by atoms with Crippen LogP contribution >= 0.6 is 0 Å². The molecule has 0 aliphatic heterocycles. The number of rotatable bonds is 17. The number of aromatic nitrogens is 2. The Hall–Kier alpha value is -2.36. The molecule has 0 aliphatic rings. The van der Waals surface area contributed by atoms with Crippen molar-refractivity contribution in [2.24, 2.45) is 10.2 Å². The van der Waals surface area contributed by atoms with Crippen molar-refractivity contribution in [3.63, 3.8) is 0 Å². The maximum Gasteiger partial charge on any atom is 0.169 e. The number of unbranched alkanes of at least 4 members (excludes halogenated alkanes) is 10. The highest BCUT2D eigenvalue weighted by Gasteiger charge is 2.01. The van der Waals surface area contributed by atoms with Crippen LogP contribution in [0.3, 0.4) is 0 Å². The SMILES string of the molecule is CCCCCCCC[n+]1ccc(/C=N/N=C/c2cc[n+](CCCCCCCC)cc2)cc1. The third-order valence-corrected chi connectivity index (χ3v) is 5.85. The molecular weight excluding hydrogens is 392 g/mol. The van der Waals surface area contributed by atoms with E-state index in [2.05, 4.69) is 82.2 Å². The Labute approximate surface area is 196 Å². The van der Waals surface area contributed by atoms with E-state index in [1.807, 2.05) is 12.4 Å². The van der Waals surface area contributed by atoms with E-state index in [1.54, 1.807) is 0 Å². The molecule has 2 aromatic heterocycles. The molecule has 4 heteroatoms. The number of pyridine rings is 2. The quantitative estimate of drug-likeness (QED) is 0.118. The van der Waals surface area contributed by atoms with E-state index >= 15 is 0 Å². The smallest absolute Gasteiger partial charge is 0.169 e. The lowest BCUT2D eigenvalue weighted by molar-refractivity contribution is -0.697. The molecule has 0 radical (unpaired) electrons. The maximum atomic E-state index is 4.21. The number of aryl methyl sites for hydroxylation is 2. The Bertz CT molecular complexity index is 696. The van der Waals surface area contributed by atoms with Crippen LogP contribution in [0.1, 0.15) is 102 Å². The van der Waals surface area contributed by atoms with Gasteiger partial charge in [-0.25, -0.2) is 9.13 Å². The molecule has 0 unspecified atom stereocenters. The molecule has 2 aromatic rings. The zero-order valence-electron chi connectivity index (χ0n) is 20.5. The largest absolute Gasteiger partial charge is 0.205 e. The molecule has 2 rings (SSSR count). The normalized spacial score (nSPS) is 11.7. The summed E-state index contributed by atoms with van der Waals surface area (Å²) in [6.07, 6.45) is 28.1. The Morgan fingerprint density at radius 2 is 0.875 bits per heavy atom. The van der Waals surface area contributed by atoms with Crippen molar-refractivity contribution in [3.8, 4) is 0 Å². The van der Waals surface area contributed by atoms with Crippen LogP contribution in [0.4, 0.5) is 0 Å². The van der Waals surface area contributed by atoms with E-state index in [0.717, 1.165) is 24.2 Å². The standard InChI is InChI=1S/C28H44N4/c1-3-5-7-9-11-13-19-31-21-15-27(16-22-31)25-29-30-26-28-17-23-32(24-18-28)20-14-12-10-8-6-4-2/h15-18,21-26H,3-14,19-20H2,1-2H3/q+2. The van der Waals surface area contributed by atoms with Crippen LogP contribution in [-0.2, 0) is 13.1 Å². The maximum absolute atomic E-state index is 4.21. The molecule has 0 aromatic carbocycles. The summed E-state index contributed by atoms with van der Waals surface area (Å²) in [6.45, 7) is 6.71. The molecule has 2 heterocycles. The average Bonchev–Trinajstić information content (AvgIpc) is 2.83. The van der Waals surface area contributed by atoms with Gasteiger partial charge in [0.05, 0.1) is 12.4 Å². The Morgan fingerprint density at radius 3 is 1.25 bits per heavy atom. The van der Waals surface area contributed by atoms with E-state index in [0.29, 0.717) is 0 Å². The van der Waals surface area contributed by atoms with Crippen molar-refractivity contribution in [1.82, 2.24) is 0 Å². The second-order valence-corrected chi connectivity index (χ2v) is 8.76. The van der Waals surface area contributed by atoms with Crippen LogP contribution < -0.4 is 9.13 Å². The minimum Gasteiger partial charge on any atom is -0.205 e. The third kappa shape index (κ3) is 11.9. The molecule has 0 fully saturated rings. The van der Waals surface area contributed by atoms with E-state index in [4.69, 9.17) is 0 Å². The molecular formula is C28H44N4+2. The van der Waals surface area contributed by atoms with Crippen LogP contribution in [0.5, 0.6) is 0 Å². The zero-order chi connectivity index (χ0) is 22.7. The molecule has 0 atom stereocenters.